The van der Waals surface area contributed by atoms with E-state index >= 15 is 0 Å². The fourth-order valence-electron chi connectivity index (χ4n) is 6.42. The molecule has 5 aromatic carbocycles. The Balaban J connectivity index is 1.61. The molecular weight excluding hydrogens is 488 g/mol. The Hall–Kier alpha value is -5.28. The van der Waals surface area contributed by atoms with E-state index in [2.05, 4.69) is 126 Å². The van der Waals surface area contributed by atoms with Crippen molar-refractivity contribution in [1.29, 1.82) is 0 Å². The minimum Gasteiger partial charge on any atom is -0.454 e. The molecule has 0 saturated carbocycles. The number of benzene rings is 5. The van der Waals surface area contributed by atoms with Gasteiger partial charge < -0.3 is 13.6 Å². The summed E-state index contributed by atoms with van der Waals surface area (Å²) in [6.45, 7) is 6.16. The second kappa shape index (κ2) is 8.62. The molecule has 3 heteroatoms. The van der Waals surface area contributed by atoms with E-state index in [0.29, 0.717) is 0 Å². The average Bonchev–Trinajstić information content (AvgIpc) is 3.63. The molecule has 0 aliphatic heterocycles. The Morgan fingerprint density at radius 1 is 0.650 bits per heavy atom. The van der Waals surface area contributed by atoms with Gasteiger partial charge in [0.2, 0.25) is 0 Å². The third kappa shape index (κ3) is 3.06. The molecule has 8 aromatic rings. The Kier molecular flexibility index (Phi) is 4.89. The van der Waals surface area contributed by atoms with Crippen LogP contribution in [0.25, 0.3) is 72.1 Å². The lowest BCUT2D eigenvalue weighted by molar-refractivity contribution is 0.666. The lowest BCUT2D eigenvalue weighted by Crippen LogP contribution is -1.96. The van der Waals surface area contributed by atoms with Crippen LogP contribution in [0.15, 0.2) is 132 Å². The molecule has 0 saturated heterocycles. The molecular formula is C37H26N2O. The number of furan rings is 1. The van der Waals surface area contributed by atoms with E-state index in [-0.39, 0.29) is 0 Å². The minimum atomic E-state index is 0.894. The molecule has 0 aliphatic rings. The monoisotopic (exact) mass is 514 g/mol. The van der Waals surface area contributed by atoms with Gasteiger partial charge in [0.25, 0.3) is 0 Å². The predicted molar refractivity (Wildman–Crippen MR) is 169 cm³/mol. The van der Waals surface area contributed by atoms with Crippen molar-refractivity contribution in [2.45, 2.75) is 6.92 Å². The normalized spacial score (nSPS) is 12.1. The highest BCUT2D eigenvalue weighted by Gasteiger charge is 2.23. The van der Waals surface area contributed by atoms with Gasteiger partial charge >= 0.3 is 0 Å². The summed E-state index contributed by atoms with van der Waals surface area (Å²) < 4.78 is 11.3. The summed E-state index contributed by atoms with van der Waals surface area (Å²) in [5.41, 5.74) is 9.84. The Bertz CT molecular complexity index is 2290. The smallest absolute Gasteiger partial charge is 0.159 e. The summed E-state index contributed by atoms with van der Waals surface area (Å²) in [6.07, 6.45) is 6.06. The zero-order valence-corrected chi connectivity index (χ0v) is 22.1. The molecule has 0 aliphatic carbocycles. The van der Waals surface area contributed by atoms with Gasteiger partial charge in [-0.3, -0.25) is 0 Å². The molecule has 0 N–H and O–H groups in total. The number of fused-ring (bicyclic) bond motifs is 8. The van der Waals surface area contributed by atoms with Gasteiger partial charge in [-0.25, -0.2) is 0 Å². The highest BCUT2D eigenvalue weighted by molar-refractivity contribution is 6.21. The number of hydrogen-bond donors (Lipinski definition) is 0. The molecule has 3 aromatic heterocycles. The second-order valence-electron chi connectivity index (χ2n) is 10.2. The van der Waals surface area contributed by atoms with Crippen LogP contribution in [0.4, 0.5) is 0 Å². The third-order valence-electron chi connectivity index (χ3n) is 8.09. The Morgan fingerprint density at radius 2 is 1.40 bits per heavy atom. The van der Waals surface area contributed by atoms with Crippen molar-refractivity contribution in [3.63, 3.8) is 0 Å². The van der Waals surface area contributed by atoms with Crippen LogP contribution >= 0.6 is 0 Å². The maximum absolute atomic E-state index is 6.56. The van der Waals surface area contributed by atoms with Crippen LogP contribution in [0, 0.1) is 6.92 Å². The maximum Gasteiger partial charge on any atom is 0.159 e. The van der Waals surface area contributed by atoms with Crippen LogP contribution in [-0.2, 0) is 0 Å². The quantitative estimate of drug-likeness (QED) is 0.214. The molecule has 190 valence electrons. The summed E-state index contributed by atoms with van der Waals surface area (Å²) in [4.78, 5) is 0. The SMILES string of the molecule is C=C/C=C\c1c(C)n(-c2ccccc2)c2ccc3c4ccccc4n(-c4cccc5c4oc4ccccc45)c3c12. The van der Waals surface area contributed by atoms with Crippen LogP contribution in [-0.4, -0.2) is 9.13 Å². The van der Waals surface area contributed by atoms with Crippen molar-refractivity contribution in [1.82, 2.24) is 9.13 Å². The fourth-order valence-corrected chi connectivity index (χ4v) is 6.42. The van der Waals surface area contributed by atoms with Gasteiger partial charge in [0, 0.05) is 43.9 Å². The largest absolute Gasteiger partial charge is 0.454 e. The molecule has 0 atom stereocenters. The van der Waals surface area contributed by atoms with E-state index in [1.54, 1.807) is 0 Å². The number of hydrogen-bond acceptors (Lipinski definition) is 1. The summed E-state index contributed by atoms with van der Waals surface area (Å²) >= 11 is 0. The maximum atomic E-state index is 6.56. The molecule has 8 rings (SSSR count). The Morgan fingerprint density at radius 3 is 2.25 bits per heavy atom. The summed E-state index contributed by atoms with van der Waals surface area (Å²) in [5, 5.41) is 5.90. The van der Waals surface area contributed by atoms with E-state index in [0.717, 1.165) is 38.8 Å². The third-order valence-corrected chi connectivity index (χ3v) is 8.09. The molecule has 3 nitrogen and oxygen atoms in total. The average molecular weight is 515 g/mol. The zero-order chi connectivity index (χ0) is 26.8. The first-order valence-corrected chi connectivity index (χ1v) is 13.6. The number of allylic oxidation sites excluding steroid dienone is 2. The molecule has 0 radical (unpaired) electrons. The fraction of sp³-hybridized carbons (Fsp3) is 0.0270. The molecule has 0 unspecified atom stereocenters. The van der Waals surface area contributed by atoms with E-state index in [9.17, 15) is 0 Å². The van der Waals surface area contributed by atoms with Crippen molar-refractivity contribution < 1.29 is 4.42 Å². The molecule has 0 spiro atoms. The topological polar surface area (TPSA) is 23.0 Å². The summed E-state index contributed by atoms with van der Waals surface area (Å²) in [6, 6.07) is 38.6. The lowest BCUT2D eigenvalue weighted by atomic mass is 10.1. The number of aromatic nitrogens is 2. The van der Waals surface area contributed by atoms with Crippen LogP contribution in [0.3, 0.4) is 0 Å². The van der Waals surface area contributed by atoms with Crippen molar-refractivity contribution in [2.24, 2.45) is 0 Å². The summed E-state index contributed by atoms with van der Waals surface area (Å²) in [7, 11) is 0. The predicted octanol–water partition coefficient (Wildman–Crippen LogP) is 10.1. The zero-order valence-electron chi connectivity index (χ0n) is 22.1. The molecule has 3 heterocycles. The number of para-hydroxylation sites is 4. The standard InChI is InChI=1S/C37H26N2O/c1-3-4-15-26-24(2)38(25-13-6-5-7-14-25)32-23-22-29-27-16-8-10-19-31(27)39(36(29)35(26)32)33-20-12-18-30-28-17-9-11-21-34(28)40-37(30)33/h3-23H,1H2,2H3/b15-4-. The molecule has 40 heavy (non-hydrogen) atoms. The van der Waals surface area contributed by atoms with Crippen molar-refractivity contribution >= 4 is 60.7 Å². The second-order valence-corrected chi connectivity index (χ2v) is 10.2. The molecule has 0 bridgehead atoms. The van der Waals surface area contributed by atoms with E-state index in [1.807, 2.05) is 24.3 Å². The van der Waals surface area contributed by atoms with E-state index < -0.39 is 0 Å². The summed E-state index contributed by atoms with van der Waals surface area (Å²) in [5.74, 6) is 0. The van der Waals surface area contributed by atoms with Gasteiger partial charge in [-0.2, -0.15) is 0 Å². The van der Waals surface area contributed by atoms with Crippen LogP contribution in [0.2, 0.25) is 0 Å². The van der Waals surface area contributed by atoms with Gasteiger partial charge in [-0.15, -0.1) is 0 Å². The first-order valence-electron chi connectivity index (χ1n) is 13.6. The highest BCUT2D eigenvalue weighted by atomic mass is 16.3. The van der Waals surface area contributed by atoms with Gasteiger partial charge in [-0.1, -0.05) is 97.6 Å². The van der Waals surface area contributed by atoms with Crippen molar-refractivity contribution in [2.75, 3.05) is 0 Å². The number of rotatable bonds is 4. The van der Waals surface area contributed by atoms with E-state index in [1.165, 1.54) is 38.4 Å². The molecule has 0 fully saturated rings. The first-order chi connectivity index (χ1) is 19.8. The van der Waals surface area contributed by atoms with Crippen LogP contribution in [0.5, 0.6) is 0 Å². The highest BCUT2D eigenvalue weighted by Crippen LogP contribution is 2.43. The van der Waals surface area contributed by atoms with Gasteiger partial charge in [0.05, 0.1) is 22.2 Å². The van der Waals surface area contributed by atoms with Gasteiger partial charge in [0.1, 0.15) is 5.58 Å². The van der Waals surface area contributed by atoms with E-state index in [4.69, 9.17) is 4.42 Å². The van der Waals surface area contributed by atoms with Gasteiger partial charge in [-0.05, 0) is 43.3 Å². The van der Waals surface area contributed by atoms with Gasteiger partial charge in [0.15, 0.2) is 5.58 Å². The number of nitrogens with zero attached hydrogens (tertiary/aromatic N) is 2. The van der Waals surface area contributed by atoms with Crippen LogP contribution < -0.4 is 0 Å². The van der Waals surface area contributed by atoms with Crippen molar-refractivity contribution in [3.05, 3.63) is 139 Å². The molecule has 0 amide bonds. The minimum absolute atomic E-state index is 0.894. The van der Waals surface area contributed by atoms with Crippen LogP contribution in [0.1, 0.15) is 11.3 Å². The Labute approximate surface area is 231 Å². The van der Waals surface area contributed by atoms with Crippen molar-refractivity contribution in [3.8, 4) is 11.4 Å². The lowest BCUT2D eigenvalue weighted by Gasteiger charge is -2.11. The first kappa shape index (κ1) is 22.7.